The zero-order valence-corrected chi connectivity index (χ0v) is 10.6. The molecule has 0 saturated carbocycles. The predicted molar refractivity (Wildman–Crippen MR) is 69.5 cm³/mol. The Hall–Kier alpha value is -1.62. The fraction of sp³-hybridized carbons (Fsp3) is 0.538. The molecular weight excluding hydrogens is 232 g/mol. The van der Waals surface area contributed by atoms with E-state index in [9.17, 15) is 9.59 Å². The topological polar surface area (TPSA) is 82.2 Å². The lowest BCUT2D eigenvalue weighted by Gasteiger charge is -2.15. The first kappa shape index (κ1) is 14.4. The van der Waals surface area contributed by atoms with Crippen molar-refractivity contribution in [3.63, 3.8) is 0 Å². The van der Waals surface area contributed by atoms with Crippen LogP contribution in [-0.4, -0.2) is 29.1 Å². The molecule has 0 saturated heterocycles. The maximum absolute atomic E-state index is 11.8. The Morgan fingerprint density at radius 1 is 1.44 bits per heavy atom. The molecule has 100 valence electrons. The maximum Gasteiger partial charge on any atom is 0.252 e. The summed E-state index contributed by atoms with van der Waals surface area (Å²) >= 11 is 0. The third-order valence-electron chi connectivity index (χ3n) is 2.83. The highest BCUT2D eigenvalue weighted by molar-refractivity contribution is 5.93. The summed E-state index contributed by atoms with van der Waals surface area (Å²) in [5.74, 6) is 0.0944. The smallest absolute Gasteiger partial charge is 0.252 e. The van der Waals surface area contributed by atoms with E-state index in [1.54, 1.807) is 0 Å². The Balaban J connectivity index is 2.48. The van der Waals surface area contributed by atoms with Crippen molar-refractivity contribution < 1.29 is 9.90 Å². The number of hydrogen-bond donors (Lipinski definition) is 3. The van der Waals surface area contributed by atoms with Crippen LogP contribution < -0.4 is 10.9 Å². The summed E-state index contributed by atoms with van der Waals surface area (Å²) < 4.78 is 0. The average molecular weight is 252 g/mol. The number of hydrogen-bond acceptors (Lipinski definition) is 3. The SMILES string of the molecule is CCCC(CCO)CNC(=O)c1ccc(=O)[nH]c1. The van der Waals surface area contributed by atoms with Crippen LogP contribution in [0.3, 0.4) is 0 Å². The molecule has 0 radical (unpaired) electrons. The molecule has 0 aliphatic carbocycles. The fourth-order valence-electron chi connectivity index (χ4n) is 1.83. The van der Waals surface area contributed by atoms with Crippen LogP contribution in [0.5, 0.6) is 0 Å². The standard InChI is InChI=1S/C13H20N2O3/c1-2-3-10(6-7-16)8-15-13(18)11-4-5-12(17)14-9-11/h4-5,9-10,16H,2-3,6-8H2,1H3,(H,14,17)(H,15,18). The molecule has 5 nitrogen and oxygen atoms in total. The maximum atomic E-state index is 11.8. The highest BCUT2D eigenvalue weighted by Crippen LogP contribution is 2.09. The first-order chi connectivity index (χ1) is 8.67. The van der Waals surface area contributed by atoms with E-state index in [0.717, 1.165) is 12.8 Å². The molecule has 0 fully saturated rings. The molecule has 18 heavy (non-hydrogen) atoms. The van der Waals surface area contributed by atoms with Gasteiger partial charge in [0.05, 0.1) is 5.56 Å². The monoisotopic (exact) mass is 252 g/mol. The van der Waals surface area contributed by atoms with Crippen molar-refractivity contribution in [2.24, 2.45) is 5.92 Å². The number of aromatic amines is 1. The number of aliphatic hydroxyl groups is 1. The molecule has 1 unspecified atom stereocenters. The second kappa shape index (κ2) is 7.66. The molecule has 0 spiro atoms. The van der Waals surface area contributed by atoms with Gasteiger partial charge in [-0.3, -0.25) is 9.59 Å². The van der Waals surface area contributed by atoms with Crippen molar-refractivity contribution >= 4 is 5.91 Å². The lowest BCUT2D eigenvalue weighted by atomic mass is 10.0. The molecule has 0 aliphatic heterocycles. The summed E-state index contributed by atoms with van der Waals surface area (Å²) in [6.45, 7) is 2.76. The van der Waals surface area contributed by atoms with E-state index >= 15 is 0 Å². The Morgan fingerprint density at radius 2 is 2.22 bits per heavy atom. The molecular formula is C13H20N2O3. The minimum absolute atomic E-state index is 0.138. The van der Waals surface area contributed by atoms with Crippen molar-refractivity contribution in [2.75, 3.05) is 13.2 Å². The van der Waals surface area contributed by atoms with Crippen LogP contribution in [0.4, 0.5) is 0 Å². The number of carbonyl (C=O) groups excluding carboxylic acids is 1. The van der Waals surface area contributed by atoms with Crippen molar-refractivity contribution in [1.82, 2.24) is 10.3 Å². The summed E-state index contributed by atoms with van der Waals surface area (Å²) in [6, 6.07) is 2.82. The number of amides is 1. The van der Waals surface area contributed by atoms with Crippen molar-refractivity contribution in [2.45, 2.75) is 26.2 Å². The normalized spacial score (nSPS) is 12.1. The number of rotatable bonds is 7. The van der Waals surface area contributed by atoms with Gasteiger partial charge in [-0.25, -0.2) is 0 Å². The molecule has 1 amide bonds. The van der Waals surface area contributed by atoms with Gasteiger partial charge in [-0.2, -0.15) is 0 Å². The van der Waals surface area contributed by atoms with Crippen LogP contribution in [0, 0.1) is 5.92 Å². The van der Waals surface area contributed by atoms with Crippen LogP contribution in [-0.2, 0) is 0 Å². The molecule has 1 aromatic heterocycles. The minimum Gasteiger partial charge on any atom is -0.396 e. The van der Waals surface area contributed by atoms with Gasteiger partial charge >= 0.3 is 0 Å². The second-order valence-electron chi connectivity index (χ2n) is 4.32. The van der Waals surface area contributed by atoms with Crippen LogP contribution >= 0.6 is 0 Å². The van der Waals surface area contributed by atoms with Gasteiger partial charge in [-0.05, 0) is 24.8 Å². The Bertz CT molecular complexity index is 402. The Labute approximate surface area is 106 Å². The first-order valence-electron chi connectivity index (χ1n) is 6.25. The lowest BCUT2D eigenvalue weighted by molar-refractivity contribution is 0.0942. The summed E-state index contributed by atoms with van der Waals surface area (Å²) in [6.07, 6.45) is 4.10. The highest BCUT2D eigenvalue weighted by Gasteiger charge is 2.10. The van der Waals surface area contributed by atoms with E-state index in [1.165, 1.54) is 18.3 Å². The zero-order valence-electron chi connectivity index (χ0n) is 10.6. The molecule has 1 heterocycles. The Kier molecular flexibility index (Phi) is 6.14. The van der Waals surface area contributed by atoms with E-state index in [1.807, 2.05) is 0 Å². The zero-order chi connectivity index (χ0) is 13.4. The van der Waals surface area contributed by atoms with E-state index < -0.39 is 0 Å². The van der Waals surface area contributed by atoms with Crippen molar-refractivity contribution in [1.29, 1.82) is 0 Å². The minimum atomic E-state index is -0.226. The number of pyridine rings is 1. The highest BCUT2D eigenvalue weighted by atomic mass is 16.3. The van der Waals surface area contributed by atoms with E-state index in [2.05, 4.69) is 17.2 Å². The van der Waals surface area contributed by atoms with Crippen LogP contribution in [0.2, 0.25) is 0 Å². The molecule has 1 rings (SSSR count). The second-order valence-corrected chi connectivity index (χ2v) is 4.32. The largest absolute Gasteiger partial charge is 0.396 e. The van der Waals surface area contributed by atoms with Gasteiger partial charge in [0.15, 0.2) is 0 Å². The van der Waals surface area contributed by atoms with E-state index in [-0.39, 0.29) is 18.1 Å². The third-order valence-corrected chi connectivity index (χ3v) is 2.83. The van der Waals surface area contributed by atoms with Crippen molar-refractivity contribution in [3.8, 4) is 0 Å². The van der Waals surface area contributed by atoms with Gasteiger partial charge in [0.1, 0.15) is 0 Å². The summed E-state index contributed by atoms with van der Waals surface area (Å²) in [5.41, 5.74) is 0.213. The number of nitrogens with one attached hydrogen (secondary N) is 2. The van der Waals surface area contributed by atoms with Crippen LogP contribution in [0.15, 0.2) is 23.1 Å². The molecule has 0 aromatic carbocycles. The number of H-pyrrole nitrogens is 1. The van der Waals surface area contributed by atoms with E-state index in [4.69, 9.17) is 5.11 Å². The first-order valence-corrected chi connectivity index (χ1v) is 6.25. The number of aliphatic hydroxyl groups excluding tert-OH is 1. The summed E-state index contributed by atoms with van der Waals surface area (Å²) in [4.78, 5) is 25.1. The number of carbonyl (C=O) groups is 1. The Morgan fingerprint density at radius 3 is 2.78 bits per heavy atom. The number of aromatic nitrogens is 1. The molecule has 0 bridgehead atoms. The molecule has 5 heteroatoms. The van der Waals surface area contributed by atoms with Gasteiger partial charge in [0.25, 0.3) is 5.91 Å². The summed E-state index contributed by atoms with van der Waals surface area (Å²) in [5, 5.41) is 11.7. The van der Waals surface area contributed by atoms with E-state index in [0.29, 0.717) is 24.4 Å². The van der Waals surface area contributed by atoms with Crippen molar-refractivity contribution in [3.05, 3.63) is 34.2 Å². The van der Waals surface area contributed by atoms with Gasteiger partial charge < -0.3 is 15.4 Å². The molecule has 1 aromatic rings. The summed E-state index contributed by atoms with van der Waals surface area (Å²) in [7, 11) is 0. The van der Waals surface area contributed by atoms with Gasteiger partial charge in [0.2, 0.25) is 5.56 Å². The van der Waals surface area contributed by atoms with Gasteiger partial charge in [-0.1, -0.05) is 13.3 Å². The van der Waals surface area contributed by atoms with Gasteiger partial charge in [-0.15, -0.1) is 0 Å². The fourth-order valence-corrected chi connectivity index (χ4v) is 1.83. The molecule has 1 atom stereocenters. The average Bonchev–Trinajstić information content (AvgIpc) is 2.37. The van der Waals surface area contributed by atoms with Crippen LogP contribution in [0.1, 0.15) is 36.5 Å². The van der Waals surface area contributed by atoms with Gasteiger partial charge in [0, 0.05) is 25.4 Å². The van der Waals surface area contributed by atoms with Crippen LogP contribution in [0.25, 0.3) is 0 Å². The predicted octanol–water partition coefficient (Wildman–Crippen LogP) is 0.903. The lowest BCUT2D eigenvalue weighted by Crippen LogP contribution is -2.30. The molecule has 3 N–H and O–H groups in total. The third kappa shape index (κ3) is 4.71. The quantitative estimate of drug-likeness (QED) is 0.674. The molecule has 0 aliphatic rings.